The molecule has 2 rings (SSSR count). The molecule has 2 aromatic rings. The van der Waals surface area contributed by atoms with Crippen LogP contribution >= 0.6 is 0 Å². The minimum absolute atomic E-state index is 0.372. The van der Waals surface area contributed by atoms with E-state index in [1.54, 1.807) is 18.2 Å². The van der Waals surface area contributed by atoms with Crippen molar-refractivity contribution in [2.24, 2.45) is 0 Å². The highest BCUT2D eigenvalue weighted by molar-refractivity contribution is 5.96. The van der Waals surface area contributed by atoms with Gasteiger partial charge in [-0.1, -0.05) is 0 Å². The van der Waals surface area contributed by atoms with E-state index in [0.717, 1.165) is 0 Å². The summed E-state index contributed by atoms with van der Waals surface area (Å²) in [6.07, 6.45) is 0. The van der Waals surface area contributed by atoms with Gasteiger partial charge in [-0.15, -0.1) is 0 Å². The number of benzene rings is 1. The number of fused-ring (bicyclic) bond motifs is 1. The summed E-state index contributed by atoms with van der Waals surface area (Å²) in [4.78, 5) is 11.3. The summed E-state index contributed by atoms with van der Waals surface area (Å²) in [7, 11) is 1.27. The van der Waals surface area contributed by atoms with Gasteiger partial charge < -0.3 is 0 Å². The lowest BCUT2D eigenvalue weighted by Gasteiger charge is -2.07. The first-order valence-electron chi connectivity index (χ1n) is 3.96. The van der Waals surface area contributed by atoms with Crippen LogP contribution in [0.5, 0.6) is 0 Å². The van der Waals surface area contributed by atoms with E-state index in [-0.39, 0.29) is 0 Å². The summed E-state index contributed by atoms with van der Waals surface area (Å²) in [5, 5.41) is 19.6. The molecule has 0 fully saturated rings. The molecule has 1 aromatic heterocycles. The van der Waals surface area contributed by atoms with Crippen LogP contribution < -0.4 is 0 Å². The van der Waals surface area contributed by atoms with Crippen LogP contribution in [0.4, 0.5) is 0 Å². The number of carbonyl (C=O) groups is 1. The number of hydrogen-bond acceptors (Lipinski definition) is 4. The highest BCUT2D eigenvalue weighted by Crippen LogP contribution is 2.11. The van der Waals surface area contributed by atoms with Crippen molar-refractivity contribution < 1.29 is 10.0 Å². The molecule has 0 bridgehead atoms. The van der Waals surface area contributed by atoms with Gasteiger partial charge in [0.05, 0.1) is 0 Å². The van der Waals surface area contributed by atoms with Crippen LogP contribution in [0, 0.1) is 0 Å². The maximum Gasteiger partial charge on any atom is 0.277 e. The molecule has 6 heteroatoms. The van der Waals surface area contributed by atoms with Crippen molar-refractivity contribution in [3.05, 3.63) is 23.8 Å². The van der Waals surface area contributed by atoms with Gasteiger partial charge in [0.1, 0.15) is 11.0 Å². The molecule has 0 radical (unpaired) electrons. The molecule has 1 aromatic carbocycles. The minimum atomic E-state index is -0.477. The van der Waals surface area contributed by atoms with Crippen molar-refractivity contribution in [3.8, 4) is 0 Å². The average molecular weight is 192 g/mol. The third-order valence-electron chi connectivity index (χ3n) is 1.86. The normalized spacial score (nSPS) is 10.4. The molecule has 2 N–H and O–H groups in total. The van der Waals surface area contributed by atoms with Crippen molar-refractivity contribution in [1.29, 1.82) is 0 Å². The first kappa shape index (κ1) is 8.64. The highest BCUT2D eigenvalue weighted by Gasteiger charge is 2.10. The van der Waals surface area contributed by atoms with Crippen molar-refractivity contribution in [1.82, 2.24) is 20.5 Å². The summed E-state index contributed by atoms with van der Waals surface area (Å²) >= 11 is 0. The zero-order valence-electron chi connectivity index (χ0n) is 7.43. The quantitative estimate of drug-likeness (QED) is 0.506. The maximum atomic E-state index is 11.3. The zero-order chi connectivity index (χ0) is 10.1. The highest BCUT2D eigenvalue weighted by atomic mass is 16.5. The molecule has 0 saturated carbocycles. The largest absolute Gasteiger partial charge is 0.286 e. The molecule has 72 valence electrons. The molecular formula is C8H8N4O2. The van der Waals surface area contributed by atoms with E-state index in [2.05, 4.69) is 15.4 Å². The van der Waals surface area contributed by atoms with E-state index in [9.17, 15) is 4.79 Å². The molecule has 14 heavy (non-hydrogen) atoms. The number of rotatable bonds is 1. The Morgan fingerprint density at radius 1 is 1.43 bits per heavy atom. The lowest BCUT2D eigenvalue weighted by atomic mass is 10.2. The maximum absolute atomic E-state index is 11.3. The van der Waals surface area contributed by atoms with Crippen molar-refractivity contribution in [2.75, 3.05) is 7.05 Å². The second-order valence-electron chi connectivity index (χ2n) is 2.86. The Morgan fingerprint density at radius 2 is 2.14 bits per heavy atom. The second-order valence-corrected chi connectivity index (χ2v) is 2.86. The summed E-state index contributed by atoms with van der Waals surface area (Å²) in [5.74, 6) is -0.477. The van der Waals surface area contributed by atoms with Gasteiger partial charge in [-0.05, 0) is 18.2 Å². The molecular weight excluding hydrogens is 184 g/mol. The van der Waals surface area contributed by atoms with Crippen LogP contribution in [0.1, 0.15) is 10.4 Å². The van der Waals surface area contributed by atoms with E-state index >= 15 is 0 Å². The van der Waals surface area contributed by atoms with E-state index in [0.29, 0.717) is 21.7 Å². The number of H-pyrrole nitrogens is 1. The molecule has 0 spiro atoms. The van der Waals surface area contributed by atoms with Crippen molar-refractivity contribution >= 4 is 16.9 Å². The number of hydrogen-bond donors (Lipinski definition) is 2. The topological polar surface area (TPSA) is 82.1 Å². The van der Waals surface area contributed by atoms with Gasteiger partial charge in [0.25, 0.3) is 5.91 Å². The Kier molecular flexibility index (Phi) is 1.90. The Balaban J connectivity index is 2.48. The Bertz CT molecular complexity index is 477. The van der Waals surface area contributed by atoms with Gasteiger partial charge in [-0.2, -0.15) is 15.4 Å². The summed E-state index contributed by atoms with van der Waals surface area (Å²) < 4.78 is 0. The van der Waals surface area contributed by atoms with Gasteiger partial charge in [0.15, 0.2) is 0 Å². The van der Waals surface area contributed by atoms with E-state index < -0.39 is 5.91 Å². The number of aromatic nitrogens is 3. The van der Waals surface area contributed by atoms with E-state index in [4.69, 9.17) is 5.21 Å². The third kappa shape index (κ3) is 1.31. The summed E-state index contributed by atoms with van der Waals surface area (Å²) in [6.45, 7) is 0. The van der Waals surface area contributed by atoms with Crippen LogP contribution in [0.15, 0.2) is 18.2 Å². The lowest BCUT2D eigenvalue weighted by molar-refractivity contribution is -0.0374. The predicted octanol–water partition coefficient (Wildman–Crippen LogP) is 0.419. The number of hydroxylamine groups is 2. The molecule has 0 aliphatic heterocycles. The Hall–Kier alpha value is -1.95. The number of nitrogens with one attached hydrogen (secondary N) is 1. The monoisotopic (exact) mass is 192 g/mol. The third-order valence-corrected chi connectivity index (χ3v) is 1.86. The number of amides is 1. The predicted molar refractivity (Wildman–Crippen MR) is 47.8 cm³/mol. The van der Waals surface area contributed by atoms with Gasteiger partial charge in [0, 0.05) is 12.6 Å². The Labute approximate surface area is 79.1 Å². The number of nitrogens with zero attached hydrogens (tertiary/aromatic N) is 3. The fourth-order valence-corrected chi connectivity index (χ4v) is 1.16. The molecule has 0 aliphatic rings. The number of carbonyl (C=O) groups excluding carboxylic acids is 1. The molecule has 0 unspecified atom stereocenters. The SMILES string of the molecule is CN(O)C(=O)c1ccc2n[nH]nc2c1. The van der Waals surface area contributed by atoms with Gasteiger partial charge >= 0.3 is 0 Å². The first-order valence-corrected chi connectivity index (χ1v) is 3.96. The van der Waals surface area contributed by atoms with Crippen LogP contribution in [-0.4, -0.2) is 38.6 Å². The number of aromatic amines is 1. The summed E-state index contributed by atoms with van der Waals surface area (Å²) in [6, 6.07) is 4.81. The van der Waals surface area contributed by atoms with Crippen LogP contribution in [-0.2, 0) is 0 Å². The van der Waals surface area contributed by atoms with Gasteiger partial charge in [0.2, 0.25) is 0 Å². The molecule has 0 aliphatic carbocycles. The lowest BCUT2D eigenvalue weighted by Crippen LogP contribution is -2.22. The van der Waals surface area contributed by atoms with Crippen LogP contribution in [0.3, 0.4) is 0 Å². The molecule has 1 heterocycles. The molecule has 6 nitrogen and oxygen atoms in total. The van der Waals surface area contributed by atoms with Gasteiger partial charge in [-0.25, -0.2) is 5.06 Å². The molecule has 0 saturated heterocycles. The minimum Gasteiger partial charge on any atom is -0.286 e. The van der Waals surface area contributed by atoms with Gasteiger partial charge in [-0.3, -0.25) is 10.0 Å². The summed E-state index contributed by atoms with van der Waals surface area (Å²) in [5.41, 5.74) is 1.65. The van der Waals surface area contributed by atoms with E-state index in [1.807, 2.05) is 0 Å². The molecule has 1 amide bonds. The smallest absolute Gasteiger partial charge is 0.277 e. The van der Waals surface area contributed by atoms with Crippen molar-refractivity contribution in [3.63, 3.8) is 0 Å². The molecule has 0 atom stereocenters. The first-order chi connectivity index (χ1) is 6.68. The fourth-order valence-electron chi connectivity index (χ4n) is 1.16. The van der Waals surface area contributed by atoms with Crippen molar-refractivity contribution in [2.45, 2.75) is 0 Å². The van der Waals surface area contributed by atoms with Crippen LogP contribution in [0.2, 0.25) is 0 Å². The second kappa shape index (κ2) is 3.08. The average Bonchev–Trinajstić information content (AvgIpc) is 2.62. The Morgan fingerprint density at radius 3 is 2.86 bits per heavy atom. The zero-order valence-corrected chi connectivity index (χ0v) is 7.43. The fraction of sp³-hybridized carbons (Fsp3) is 0.125. The van der Waals surface area contributed by atoms with E-state index in [1.165, 1.54) is 7.05 Å². The standard InChI is InChI=1S/C8H8N4O2/c1-12(14)8(13)5-2-3-6-7(4-5)10-11-9-6/h2-4,14H,1H3,(H,9,10,11). The van der Waals surface area contributed by atoms with Crippen LogP contribution in [0.25, 0.3) is 11.0 Å².